The van der Waals surface area contributed by atoms with Gasteiger partial charge >= 0.3 is 0 Å². The van der Waals surface area contributed by atoms with Crippen molar-refractivity contribution in [1.82, 2.24) is 10.2 Å². The molecule has 2 aliphatic rings. The summed E-state index contributed by atoms with van der Waals surface area (Å²) in [4.78, 5) is 14.0. The van der Waals surface area contributed by atoms with Crippen LogP contribution in [0.5, 0.6) is 0 Å². The molecule has 0 unspecified atom stereocenters. The summed E-state index contributed by atoms with van der Waals surface area (Å²) in [5.41, 5.74) is 0.593. The number of carbonyl (C=O) groups excluding carboxylic acids is 1. The minimum Gasteiger partial charge on any atom is -0.342 e. The second-order valence-electron chi connectivity index (χ2n) is 6.31. The first-order valence-corrected chi connectivity index (χ1v) is 8.00. The monoisotopic (exact) mass is 268 g/mol. The van der Waals surface area contributed by atoms with Crippen LogP contribution in [0.15, 0.2) is 0 Å². The molecule has 2 rings (SSSR count). The number of piperidine rings is 1. The average molecular weight is 268 g/mol. The van der Waals surface area contributed by atoms with Gasteiger partial charge in [0, 0.05) is 19.0 Å². The van der Waals surface area contributed by atoms with E-state index in [0.29, 0.717) is 11.3 Å². The maximum absolute atomic E-state index is 11.9. The molecule has 1 saturated carbocycles. The summed E-state index contributed by atoms with van der Waals surface area (Å²) in [6, 6.07) is 0. The van der Waals surface area contributed by atoms with Gasteiger partial charge in [-0.25, -0.2) is 0 Å². The van der Waals surface area contributed by atoms with Crippen LogP contribution >= 0.6 is 0 Å². The molecule has 0 bridgehead atoms. The second kappa shape index (κ2) is 7.28. The van der Waals surface area contributed by atoms with E-state index in [0.717, 1.165) is 25.6 Å². The Morgan fingerprint density at radius 2 is 1.79 bits per heavy atom. The summed E-state index contributed by atoms with van der Waals surface area (Å²) in [5.74, 6) is 1.38. The minimum absolute atomic E-state index is 0.155. The molecule has 1 aliphatic carbocycles. The summed E-state index contributed by atoms with van der Waals surface area (Å²) >= 11 is 0. The summed E-state index contributed by atoms with van der Waals surface area (Å²) in [6.07, 6.45) is 5.20. The predicted molar refractivity (Wildman–Crippen MR) is 81.1 cm³/mol. The van der Waals surface area contributed by atoms with Gasteiger partial charge < -0.3 is 10.2 Å². The third-order valence-electron chi connectivity index (χ3n) is 4.57. The quantitative estimate of drug-likeness (QED) is 0.853. The molecule has 3 heteroatoms. The zero-order valence-corrected chi connectivity index (χ0v) is 13.5. The molecule has 1 amide bonds. The van der Waals surface area contributed by atoms with E-state index in [1.54, 1.807) is 0 Å². The molecule has 0 radical (unpaired) electrons. The molecule has 112 valence electrons. The number of hydrogen-bond donors (Lipinski definition) is 1. The lowest BCUT2D eigenvalue weighted by atomic mass is 9.57. The lowest BCUT2D eigenvalue weighted by molar-refractivity contribution is -0.138. The smallest absolute Gasteiger partial charge is 0.225 e. The van der Waals surface area contributed by atoms with Gasteiger partial charge in [0.05, 0.1) is 0 Å². The van der Waals surface area contributed by atoms with Gasteiger partial charge in [-0.05, 0) is 50.6 Å². The van der Waals surface area contributed by atoms with E-state index in [9.17, 15) is 4.79 Å². The highest BCUT2D eigenvalue weighted by Gasteiger charge is 2.45. The standard InChI is InChI=1S/C14H26N2O.C2H6/c1-11(2)13(17)16-6-4-14(5-7-16)8-12(9-14)10-15-3;1-2/h11-12,15H,4-10H2,1-3H3;1-2H3. The highest BCUT2D eigenvalue weighted by atomic mass is 16.2. The van der Waals surface area contributed by atoms with Crippen LogP contribution in [0.25, 0.3) is 0 Å². The molecule has 3 nitrogen and oxygen atoms in total. The van der Waals surface area contributed by atoms with Crippen molar-refractivity contribution < 1.29 is 4.79 Å². The number of nitrogens with one attached hydrogen (secondary N) is 1. The Labute approximate surface area is 119 Å². The Bertz CT molecular complexity index is 272. The van der Waals surface area contributed by atoms with Crippen molar-refractivity contribution in [2.45, 2.75) is 53.4 Å². The van der Waals surface area contributed by atoms with Gasteiger partial charge in [-0.3, -0.25) is 4.79 Å². The lowest BCUT2D eigenvalue weighted by Gasteiger charge is -2.52. The van der Waals surface area contributed by atoms with Crippen molar-refractivity contribution in [1.29, 1.82) is 0 Å². The van der Waals surface area contributed by atoms with Gasteiger partial charge in [0.2, 0.25) is 5.91 Å². The number of nitrogens with zero attached hydrogens (tertiary/aromatic N) is 1. The van der Waals surface area contributed by atoms with Gasteiger partial charge in [0.1, 0.15) is 0 Å². The first-order chi connectivity index (χ1) is 9.06. The van der Waals surface area contributed by atoms with Crippen LogP contribution in [-0.2, 0) is 4.79 Å². The molecule has 0 atom stereocenters. The van der Waals surface area contributed by atoms with E-state index in [2.05, 4.69) is 10.2 Å². The van der Waals surface area contributed by atoms with Crippen LogP contribution in [0.2, 0.25) is 0 Å². The van der Waals surface area contributed by atoms with Crippen LogP contribution in [-0.4, -0.2) is 37.5 Å². The SMILES string of the molecule is CC.CNCC1CC2(CCN(C(=O)C(C)C)CC2)C1. The maximum atomic E-state index is 11.9. The van der Waals surface area contributed by atoms with Crippen molar-refractivity contribution >= 4 is 5.91 Å². The topological polar surface area (TPSA) is 32.3 Å². The van der Waals surface area contributed by atoms with Gasteiger partial charge in [0.15, 0.2) is 0 Å². The molecule has 0 aromatic carbocycles. The van der Waals surface area contributed by atoms with E-state index in [4.69, 9.17) is 0 Å². The van der Waals surface area contributed by atoms with Gasteiger partial charge in [-0.2, -0.15) is 0 Å². The van der Waals surface area contributed by atoms with Crippen molar-refractivity contribution in [2.75, 3.05) is 26.7 Å². The summed E-state index contributed by atoms with van der Waals surface area (Å²) in [5, 5.41) is 3.27. The van der Waals surface area contributed by atoms with Gasteiger partial charge in [-0.15, -0.1) is 0 Å². The number of amides is 1. The number of hydrogen-bond acceptors (Lipinski definition) is 2. The molecule has 2 fully saturated rings. The lowest BCUT2D eigenvalue weighted by Crippen LogP contribution is -2.50. The van der Waals surface area contributed by atoms with Gasteiger partial charge in [0.25, 0.3) is 0 Å². The average Bonchev–Trinajstić information content (AvgIpc) is 2.39. The van der Waals surface area contributed by atoms with Crippen LogP contribution in [0.1, 0.15) is 53.4 Å². The molecule has 1 heterocycles. The van der Waals surface area contributed by atoms with Crippen LogP contribution in [0.4, 0.5) is 0 Å². The largest absolute Gasteiger partial charge is 0.342 e. The molecule has 1 aliphatic heterocycles. The Kier molecular flexibility index (Phi) is 6.31. The minimum atomic E-state index is 0.155. The Morgan fingerprint density at radius 3 is 2.21 bits per heavy atom. The van der Waals surface area contributed by atoms with Crippen molar-refractivity contribution in [3.63, 3.8) is 0 Å². The Hall–Kier alpha value is -0.570. The first kappa shape index (κ1) is 16.5. The van der Waals surface area contributed by atoms with Crippen LogP contribution in [0, 0.1) is 17.3 Å². The van der Waals surface area contributed by atoms with E-state index in [-0.39, 0.29) is 5.92 Å². The molecular weight excluding hydrogens is 236 g/mol. The molecular formula is C16H32N2O. The highest BCUT2D eigenvalue weighted by molar-refractivity contribution is 5.78. The van der Waals surface area contributed by atoms with Crippen molar-refractivity contribution in [3.05, 3.63) is 0 Å². The maximum Gasteiger partial charge on any atom is 0.225 e. The zero-order valence-electron chi connectivity index (χ0n) is 13.5. The van der Waals surface area contributed by atoms with E-state index >= 15 is 0 Å². The third-order valence-corrected chi connectivity index (χ3v) is 4.57. The van der Waals surface area contributed by atoms with E-state index in [1.165, 1.54) is 25.7 Å². The van der Waals surface area contributed by atoms with Crippen molar-refractivity contribution in [3.8, 4) is 0 Å². The fraction of sp³-hybridized carbons (Fsp3) is 0.938. The Balaban J connectivity index is 0.000000861. The number of likely N-dealkylation sites (tertiary alicyclic amines) is 1. The molecule has 19 heavy (non-hydrogen) atoms. The number of rotatable bonds is 3. The summed E-state index contributed by atoms with van der Waals surface area (Å²) < 4.78 is 0. The fourth-order valence-corrected chi connectivity index (χ4v) is 3.57. The van der Waals surface area contributed by atoms with E-state index in [1.807, 2.05) is 34.7 Å². The predicted octanol–water partition coefficient (Wildman–Crippen LogP) is 2.91. The van der Waals surface area contributed by atoms with Gasteiger partial charge in [-0.1, -0.05) is 27.7 Å². The molecule has 0 aromatic rings. The summed E-state index contributed by atoms with van der Waals surface area (Å²) in [6.45, 7) is 11.1. The highest BCUT2D eigenvalue weighted by Crippen LogP contribution is 2.52. The second-order valence-corrected chi connectivity index (χ2v) is 6.31. The molecule has 0 aromatic heterocycles. The number of carbonyl (C=O) groups is 1. The zero-order chi connectivity index (χ0) is 14.5. The first-order valence-electron chi connectivity index (χ1n) is 8.00. The molecule has 1 saturated heterocycles. The van der Waals surface area contributed by atoms with Crippen molar-refractivity contribution in [2.24, 2.45) is 17.3 Å². The Morgan fingerprint density at radius 1 is 1.26 bits per heavy atom. The van der Waals surface area contributed by atoms with E-state index < -0.39 is 0 Å². The third kappa shape index (κ3) is 3.95. The molecule has 1 spiro atoms. The van der Waals surface area contributed by atoms with Crippen LogP contribution in [0.3, 0.4) is 0 Å². The summed E-state index contributed by atoms with van der Waals surface area (Å²) in [7, 11) is 2.04. The normalized spacial score (nSPS) is 21.9. The fourth-order valence-electron chi connectivity index (χ4n) is 3.57. The molecule has 1 N–H and O–H groups in total. The van der Waals surface area contributed by atoms with Crippen LogP contribution < -0.4 is 5.32 Å².